The molecule has 1 heterocycles. The number of para-hydroxylation sites is 2. The van der Waals surface area contributed by atoms with Crippen LogP contribution in [-0.4, -0.2) is 43.6 Å². The molecule has 1 atom stereocenters. The Hall–Kier alpha value is -1.75. The maximum atomic E-state index is 6.02. The summed E-state index contributed by atoms with van der Waals surface area (Å²) in [6.07, 6.45) is 2.46. The Kier molecular flexibility index (Phi) is 6.07. The molecular weight excluding hydrogens is 276 g/mol. The van der Waals surface area contributed by atoms with Crippen molar-refractivity contribution in [3.05, 3.63) is 24.3 Å². The summed E-state index contributed by atoms with van der Waals surface area (Å²) in [5, 5.41) is 3.13. The third-order valence-corrected chi connectivity index (χ3v) is 3.94. The van der Waals surface area contributed by atoms with Crippen molar-refractivity contribution in [3.63, 3.8) is 0 Å². The molecule has 5 heteroatoms. The number of hydrogen-bond acceptors (Lipinski definition) is 3. The van der Waals surface area contributed by atoms with Crippen LogP contribution in [0, 0.1) is 5.92 Å². The summed E-state index contributed by atoms with van der Waals surface area (Å²) in [5.41, 5.74) is 6.86. The van der Waals surface area contributed by atoms with E-state index in [9.17, 15) is 0 Å². The average molecular weight is 304 g/mol. The Morgan fingerprint density at radius 2 is 2.23 bits per heavy atom. The SMILES string of the molecule is COc1ccccc1NC(N)=NC[C@@H]1CCCN1CC(C)C. The zero-order valence-electron chi connectivity index (χ0n) is 13.9. The molecular formula is C17H28N4O. The van der Waals surface area contributed by atoms with Crippen molar-refractivity contribution in [1.82, 2.24) is 4.90 Å². The molecule has 2 rings (SSSR count). The largest absolute Gasteiger partial charge is 0.495 e. The molecule has 3 N–H and O–H groups in total. The van der Waals surface area contributed by atoms with E-state index in [-0.39, 0.29) is 0 Å². The summed E-state index contributed by atoms with van der Waals surface area (Å²) in [7, 11) is 1.65. The quantitative estimate of drug-likeness (QED) is 0.626. The Morgan fingerprint density at radius 3 is 2.95 bits per heavy atom. The first-order chi connectivity index (χ1) is 10.6. The van der Waals surface area contributed by atoms with Gasteiger partial charge in [-0.25, -0.2) is 0 Å². The standard InChI is InChI=1S/C17H28N4O/c1-13(2)12-21-10-6-7-14(21)11-19-17(18)20-15-8-4-5-9-16(15)22-3/h4-5,8-9,13-14H,6-7,10-12H2,1-3H3,(H3,18,19,20)/t14-/m0/s1. The normalized spacial score (nSPS) is 19.6. The highest BCUT2D eigenvalue weighted by atomic mass is 16.5. The van der Waals surface area contributed by atoms with Crippen LogP contribution in [0.4, 0.5) is 5.69 Å². The average Bonchev–Trinajstić information content (AvgIpc) is 2.92. The Labute approximate surface area is 133 Å². The molecule has 0 aliphatic carbocycles. The monoisotopic (exact) mass is 304 g/mol. The highest BCUT2D eigenvalue weighted by Crippen LogP contribution is 2.23. The lowest BCUT2D eigenvalue weighted by Crippen LogP contribution is -2.35. The molecule has 0 unspecified atom stereocenters. The third kappa shape index (κ3) is 4.63. The van der Waals surface area contributed by atoms with Gasteiger partial charge in [0.2, 0.25) is 0 Å². The van der Waals surface area contributed by atoms with Crippen LogP contribution in [0.1, 0.15) is 26.7 Å². The number of nitrogens with two attached hydrogens (primary N) is 1. The molecule has 1 fully saturated rings. The van der Waals surface area contributed by atoms with Gasteiger partial charge < -0.3 is 15.8 Å². The van der Waals surface area contributed by atoms with Crippen molar-refractivity contribution in [2.45, 2.75) is 32.7 Å². The minimum atomic E-state index is 0.445. The van der Waals surface area contributed by atoms with Gasteiger partial charge in [-0.3, -0.25) is 9.89 Å². The van der Waals surface area contributed by atoms with Crippen molar-refractivity contribution in [3.8, 4) is 5.75 Å². The third-order valence-electron chi connectivity index (χ3n) is 3.94. The zero-order valence-corrected chi connectivity index (χ0v) is 13.9. The first-order valence-corrected chi connectivity index (χ1v) is 8.04. The molecule has 1 aliphatic heterocycles. The summed E-state index contributed by atoms with van der Waals surface area (Å²) in [4.78, 5) is 7.05. The maximum absolute atomic E-state index is 6.02. The number of hydrogen-bond donors (Lipinski definition) is 2. The molecule has 1 aromatic carbocycles. The second-order valence-electron chi connectivity index (χ2n) is 6.24. The van der Waals surface area contributed by atoms with Crippen LogP contribution in [0.2, 0.25) is 0 Å². The molecule has 0 amide bonds. The van der Waals surface area contributed by atoms with Crippen LogP contribution < -0.4 is 15.8 Å². The van der Waals surface area contributed by atoms with Crippen molar-refractivity contribution >= 4 is 11.6 Å². The van der Waals surface area contributed by atoms with Crippen molar-refractivity contribution in [1.29, 1.82) is 0 Å². The fraction of sp³-hybridized carbons (Fsp3) is 0.588. The van der Waals surface area contributed by atoms with Crippen LogP contribution in [0.5, 0.6) is 5.75 Å². The summed E-state index contributed by atoms with van der Waals surface area (Å²) in [6.45, 7) is 7.59. The van der Waals surface area contributed by atoms with E-state index in [0.717, 1.165) is 24.5 Å². The number of aliphatic imine (C=N–C) groups is 1. The number of nitrogens with one attached hydrogen (secondary N) is 1. The van der Waals surface area contributed by atoms with E-state index in [0.29, 0.717) is 17.9 Å². The molecule has 22 heavy (non-hydrogen) atoms. The number of nitrogens with zero attached hydrogens (tertiary/aromatic N) is 2. The first kappa shape index (κ1) is 16.6. The molecule has 1 aliphatic rings. The van der Waals surface area contributed by atoms with E-state index < -0.39 is 0 Å². The molecule has 0 radical (unpaired) electrons. The highest BCUT2D eigenvalue weighted by Gasteiger charge is 2.24. The van der Waals surface area contributed by atoms with Crippen LogP contribution in [0.25, 0.3) is 0 Å². The van der Waals surface area contributed by atoms with Gasteiger partial charge in [-0.05, 0) is 37.4 Å². The van der Waals surface area contributed by atoms with Crippen LogP contribution in [-0.2, 0) is 0 Å². The van der Waals surface area contributed by atoms with Gasteiger partial charge >= 0.3 is 0 Å². The minimum Gasteiger partial charge on any atom is -0.495 e. The summed E-state index contributed by atoms with van der Waals surface area (Å²) >= 11 is 0. The van der Waals surface area contributed by atoms with E-state index in [1.807, 2.05) is 24.3 Å². The summed E-state index contributed by atoms with van der Waals surface area (Å²) < 4.78 is 5.30. The molecule has 1 saturated heterocycles. The van der Waals surface area contributed by atoms with Crippen LogP contribution >= 0.6 is 0 Å². The van der Waals surface area contributed by atoms with Gasteiger partial charge in [0.15, 0.2) is 5.96 Å². The molecule has 1 aromatic rings. The van der Waals surface area contributed by atoms with Crippen molar-refractivity contribution in [2.24, 2.45) is 16.6 Å². The summed E-state index contributed by atoms with van der Waals surface area (Å²) in [6, 6.07) is 8.22. The van der Waals surface area contributed by atoms with Gasteiger partial charge in [0.1, 0.15) is 5.75 Å². The second-order valence-corrected chi connectivity index (χ2v) is 6.24. The predicted octanol–water partition coefficient (Wildman–Crippen LogP) is 2.54. The molecule has 5 nitrogen and oxygen atoms in total. The van der Waals surface area contributed by atoms with Gasteiger partial charge in [-0.1, -0.05) is 26.0 Å². The molecule has 0 saturated carbocycles. The predicted molar refractivity (Wildman–Crippen MR) is 92.5 cm³/mol. The van der Waals surface area contributed by atoms with E-state index in [1.165, 1.54) is 19.4 Å². The number of methoxy groups -OCH3 is 1. The Balaban J connectivity index is 1.92. The van der Waals surface area contributed by atoms with Gasteiger partial charge in [-0.2, -0.15) is 0 Å². The van der Waals surface area contributed by atoms with Crippen LogP contribution in [0.15, 0.2) is 29.3 Å². The highest BCUT2D eigenvalue weighted by molar-refractivity contribution is 5.93. The number of benzene rings is 1. The molecule has 122 valence electrons. The number of ether oxygens (including phenoxy) is 1. The maximum Gasteiger partial charge on any atom is 0.193 e. The summed E-state index contributed by atoms with van der Waals surface area (Å²) in [5.74, 6) is 1.90. The van der Waals surface area contributed by atoms with Crippen LogP contribution in [0.3, 0.4) is 0 Å². The van der Waals surface area contributed by atoms with Gasteiger partial charge in [-0.15, -0.1) is 0 Å². The fourth-order valence-corrected chi connectivity index (χ4v) is 2.94. The van der Waals surface area contributed by atoms with E-state index in [1.54, 1.807) is 7.11 Å². The lowest BCUT2D eigenvalue weighted by molar-refractivity contribution is 0.231. The zero-order chi connectivity index (χ0) is 15.9. The number of anilines is 1. The fourth-order valence-electron chi connectivity index (χ4n) is 2.94. The van der Waals surface area contributed by atoms with E-state index in [4.69, 9.17) is 10.5 Å². The Bertz CT molecular complexity index is 501. The number of rotatable bonds is 6. The molecule has 0 bridgehead atoms. The van der Waals surface area contributed by atoms with Crippen molar-refractivity contribution in [2.75, 3.05) is 32.1 Å². The molecule has 0 spiro atoms. The van der Waals surface area contributed by atoms with E-state index in [2.05, 4.69) is 29.1 Å². The number of likely N-dealkylation sites (tertiary alicyclic amines) is 1. The topological polar surface area (TPSA) is 62.9 Å². The lowest BCUT2D eigenvalue weighted by atomic mass is 10.2. The van der Waals surface area contributed by atoms with E-state index >= 15 is 0 Å². The first-order valence-electron chi connectivity index (χ1n) is 8.04. The smallest absolute Gasteiger partial charge is 0.193 e. The lowest BCUT2D eigenvalue weighted by Gasteiger charge is -2.25. The Morgan fingerprint density at radius 1 is 1.45 bits per heavy atom. The van der Waals surface area contributed by atoms with Gasteiger partial charge in [0.25, 0.3) is 0 Å². The number of guanidine groups is 1. The van der Waals surface area contributed by atoms with Gasteiger partial charge in [0.05, 0.1) is 19.3 Å². The minimum absolute atomic E-state index is 0.445. The molecule has 0 aromatic heterocycles. The van der Waals surface area contributed by atoms with Gasteiger partial charge in [0, 0.05) is 12.6 Å². The van der Waals surface area contributed by atoms with Crippen molar-refractivity contribution < 1.29 is 4.74 Å². The second kappa shape index (κ2) is 8.03.